The standard InChI is InChI=1S/C6H13BrO/c1-3-6(2)8-5-4-7/h6H,3-5H2,1-2H3. The van der Waals surface area contributed by atoms with Crippen LogP contribution in [0.5, 0.6) is 0 Å². The summed E-state index contributed by atoms with van der Waals surface area (Å²) in [4.78, 5) is 0. The second-order valence-electron chi connectivity index (χ2n) is 1.78. The molecule has 0 amide bonds. The molecule has 0 aliphatic carbocycles. The van der Waals surface area contributed by atoms with Crippen molar-refractivity contribution < 1.29 is 4.74 Å². The molecule has 1 nitrogen and oxygen atoms in total. The van der Waals surface area contributed by atoms with Crippen molar-refractivity contribution in [3.8, 4) is 0 Å². The van der Waals surface area contributed by atoms with Gasteiger partial charge in [-0.05, 0) is 13.3 Å². The zero-order chi connectivity index (χ0) is 6.41. The van der Waals surface area contributed by atoms with E-state index in [-0.39, 0.29) is 0 Å². The number of alkyl halides is 1. The highest BCUT2D eigenvalue weighted by Crippen LogP contribution is 1.95. The summed E-state index contributed by atoms with van der Waals surface area (Å²) in [5.74, 6) is 0. The van der Waals surface area contributed by atoms with Crippen molar-refractivity contribution in [1.82, 2.24) is 0 Å². The van der Waals surface area contributed by atoms with Crippen LogP contribution in [-0.4, -0.2) is 18.0 Å². The third kappa shape index (κ3) is 4.60. The fraction of sp³-hybridized carbons (Fsp3) is 1.00. The first-order valence-corrected chi connectivity index (χ1v) is 4.11. The second kappa shape index (κ2) is 5.57. The van der Waals surface area contributed by atoms with E-state index >= 15 is 0 Å². The van der Waals surface area contributed by atoms with E-state index in [9.17, 15) is 0 Å². The van der Waals surface area contributed by atoms with Gasteiger partial charge in [0.15, 0.2) is 0 Å². The van der Waals surface area contributed by atoms with Crippen molar-refractivity contribution in [3.05, 3.63) is 0 Å². The molecule has 2 heteroatoms. The van der Waals surface area contributed by atoms with E-state index in [2.05, 4.69) is 29.8 Å². The molecule has 0 saturated carbocycles. The van der Waals surface area contributed by atoms with Gasteiger partial charge in [0, 0.05) is 5.33 Å². The molecular weight excluding hydrogens is 168 g/mol. The smallest absolute Gasteiger partial charge is 0.0566 e. The summed E-state index contributed by atoms with van der Waals surface area (Å²) in [5.41, 5.74) is 0. The summed E-state index contributed by atoms with van der Waals surface area (Å²) in [6.45, 7) is 5.04. The summed E-state index contributed by atoms with van der Waals surface area (Å²) in [7, 11) is 0. The summed E-state index contributed by atoms with van der Waals surface area (Å²) < 4.78 is 5.29. The van der Waals surface area contributed by atoms with Crippen LogP contribution < -0.4 is 0 Å². The minimum Gasteiger partial charge on any atom is -0.378 e. The minimum atomic E-state index is 0.424. The van der Waals surface area contributed by atoms with Gasteiger partial charge >= 0.3 is 0 Å². The highest BCUT2D eigenvalue weighted by atomic mass is 79.9. The van der Waals surface area contributed by atoms with Crippen LogP contribution in [0.3, 0.4) is 0 Å². The van der Waals surface area contributed by atoms with Crippen molar-refractivity contribution in [2.24, 2.45) is 0 Å². The van der Waals surface area contributed by atoms with E-state index in [1.54, 1.807) is 0 Å². The molecule has 50 valence electrons. The Balaban J connectivity index is 2.86. The lowest BCUT2D eigenvalue weighted by molar-refractivity contribution is 0.0764. The molecule has 0 aromatic rings. The van der Waals surface area contributed by atoms with Crippen LogP contribution in [0.25, 0.3) is 0 Å². The van der Waals surface area contributed by atoms with E-state index in [4.69, 9.17) is 4.74 Å². The van der Waals surface area contributed by atoms with Crippen LogP contribution in [0.4, 0.5) is 0 Å². The quantitative estimate of drug-likeness (QED) is 0.604. The van der Waals surface area contributed by atoms with Gasteiger partial charge in [-0.25, -0.2) is 0 Å². The molecule has 0 aliphatic rings. The number of hydrogen-bond acceptors (Lipinski definition) is 1. The normalized spacial score (nSPS) is 13.9. The van der Waals surface area contributed by atoms with Gasteiger partial charge in [0.2, 0.25) is 0 Å². The van der Waals surface area contributed by atoms with Crippen molar-refractivity contribution >= 4 is 15.9 Å². The largest absolute Gasteiger partial charge is 0.378 e. The van der Waals surface area contributed by atoms with Crippen LogP contribution in [0, 0.1) is 0 Å². The summed E-state index contributed by atoms with van der Waals surface area (Å²) >= 11 is 3.28. The van der Waals surface area contributed by atoms with E-state index in [0.717, 1.165) is 18.4 Å². The van der Waals surface area contributed by atoms with Crippen molar-refractivity contribution in [3.63, 3.8) is 0 Å². The first-order valence-electron chi connectivity index (χ1n) is 2.98. The number of ether oxygens (including phenoxy) is 1. The zero-order valence-corrected chi connectivity index (χ0v) is 7.07. The van der Waals surface area contributed by atoms with Gasteiger partial charge < -0.3 is 4.74 Å². The molecule has 0 aromatic carbocycles. The average Bonchev–Trinajstić information content (AvgIpc) is 1.83. The molecule has 0 saturated heterocycles. The third-order valence-corrected chi connectivity index (χ3v) is 1.38. The lowest BCUT2D eigenvalue weighted by Crippen LogP contribution is -2.07. The monoisotopic (exact) mass is 180 g/mol. The molecule has 8 heavy (non-hydrogen) atoms. The average molecular weight is 181 g/mol. The summed E-state index contributed by atoms with van der Waals surface area (Å²) in [6.07, 6.45) is 1.53. The fourth-order valence-corrected chi connectivity index (χ4v) is 0.550. The van der Waals surface area contributed by atoms with Crippen molar-refractivity contribution in [1.29, 1.82) is 0 Å². The Morgan fingerprint density at radius 2 is 2.25 bits per heavy atom. The highest BCUT2D eigenvalue weighted by molar-refractivity contribution is 9.09. The van der Waals surface area contributed by atoms with Crippen LogP contribution in [-0.2, 0) is 4.74 Å². The maximum Gasteiger partial charge on any atom is 0.0566 e. The highest BCUT2D eigenvalue weighted by Gasteiger charge is 1.94. The molecule has 0 aromatic heterocycles. The van der Waals surface area contributed by atoms with Gasteiger partial charge in [-0.2, -0.15) is 0 Å². The van der Waals surface area contributed by atoms with E-state index < -0.39 is 0 Å². The van der Waals surface area contributed by atoms with Crippen molar-refractivity contribution in [2.45, 2.75) is 26.4 Å². The van der Waals surface area contributed by atoms with Crippen LogP contribution in [0.15, 0.2) is 0 Å². The maximum absolute atomic E-state index is 5.29. The number of halogens is 1. The Bertz CT molecular complexity index is 47.8. The summed E-state index contributed by atoms with van der Waals surface area (Å²) in [6, 6.07) is 0. The maximum atomic E-state index is 5.29. The van der Waals surface area contributed by atoms with E-state index in [1.807, 2.05) is 0 Å². The predicted octanol–water partition coefficient (Wildman–Crippen LogP) is 2.20. The predicted molar refractivity (Wildman–Crippen MR) is 39.5 cm³/mol. The molecule has 0 N–H and O–H groups in total. The van der Waals surface area contributed by atoms with Gasteiger partial charge in [-0.1, -0.05) is 22.9 Å². The Morgan fingerprint density at radius 1 is 1.62 bits per heavy atom. The lowest BCUT2D eigenvalue weighted by atomic mass is 10.3. The SMILES string of the molecule is CCC(C)OCCBr. The fourth-order valence-electron chi connectivity index (χ4n) is 0.364. The van der Waals surface area contributed by atoms with Gasteiger partial charge in [-0.15, -0.1) is 0 Å². The molecular formula is C6H13BrO. The van der Waals surface area contributed by atoms with Gasteiger partial charge in [-0.3, -0.25) is 0 Å². The lowest BCUT2D eigenvalue weighted by Gasteiger charge is -2.07. The molecule has 0 bridgehead atoms. The van der Waals surface area contributed by atoms with Crippen LogP contribution in [0.2, 0.25) is 0 Å². The first-order chi connectivity index (χ1) is 3.81. The van der Waals surface area contributed by atoms with Gasteiger partial charge in [0.05, 0.1) is 12.7 Å². The number of hydrogen-bond donors (Lipinski definition) is 0. The Morgan fingerprint density at radius 3 is 2.62 bits per heavy atom. The Labute approximate surface area is 59.5 Å². The molecule has 0 heterocycles. The Hall–Kier alpha value is 0.440. The topological polar surface area (TPSA) is 9.23 Å². The van der Waals surface area contributed by atoms with E-state index in [0.29, 0.717) is 6.10 Å². The molecule has 0 spiro atoms. The van der Waals surface area contributed by atoms with Gasteiger partial charge in [0.25, 0.3) is 0 Å². The first kappa shape index (κ1) is 8.44. The number of rotatable bonds is 4. The molecule has 0 radical (unpaired) electrons. The molecule has 1 unspecified atom stereocenters. The van der Waals surface area contributed by atoms with E-state index in [1.165, 1.54) is 0 Å². The van der Waals surface area contributed by atoms with Crippen molar-refractivity contribution in [2.75, 3.05) is 11.9 Å². The van der Waals surface area contributed by atoms with Crippen LogP contribution in [0.1, 0.15) is 20.3 Å². The molecule has 0 rings (SSSR count). The molecule has 1 atom stereocenters. The molecule has 0 fully saturated rings. The van der Waals surface area contributed by atoms with Gasteiger partial charge in [0.1, 0.15) is 0 Å². The second-order valence-corrected chi connectivity index (χ2v) is 2.57. The Kier molecular flexibility index (Phi) is 5.88. The zero-order valence-electron chi connectivity index (χ0n) is 5.48. The van der Waals surface area contributed by atoms with Crippen LogP contribution >= 0.6 is 15.9 Å². The molecule has 0 aliphatic heterocycles. The third-order valence-electron chi connectivity index (χ3n) is 1.05. The summed E-state index contributed by atoms with van der Waals surface area (Å²) in [5, 5.41) is 0.942. The minimum absolute atomic E-state index is 0.424.